The van der Waals surface area contributed by atoms with Crippen molar-refractivity contribution in [2.24, 2.45) is 7.05 Å². The third-order valence-corrected chi connectivity index (χ3v) is 3.89. The Morgan fingerprint density at radius 2 is 1.86 bits per heavy atom. The molecular formula is C18H17FN2O. The number of carbonyl (C=O) groups is 1. The van der Waals surface area contributed by atoms with Crippen LogP contribution in [0.25, 0.3) is 10.9 Å². The minimum absolute atomic E-state index is 0.0940. The van der Waals surface area contributed by atoms with Crippen molar-refractivity contribution in [3.05, 3.63) is 71.7 Å². The van der Waals surface area contributed by atoms with Crippen molar-refractivity contribution in [1.82, 2.24) is 9.88 Å². The molecule has 0 spiro atoms. The van der Waals surface area contributed by atoms with Gasteiger partial charge in [-0.05, 0) is 36.8 Å². The molecule has 4 heteroatoms. The summed E-state index contributed by atoms with van der Waals surface area (Å²) in [6.07, 6.45) is 0. The van der Waals surface area contributed by atoms with E-state index in [0.29, 0.717) is 11.2 Å². The molecule has 3 nitrogen and oxygen atoms in total. The van der Waals surface area contributed by atoms with E-state index in [2.05, 4.69) is 5.32 Å². The van der Waals surface area contributed by atoms with Crippen molar-refractivity contribution >= 4 is 16.8 Å². The lowest BCUT2D eigenvalue weighted by atomic mass is 10.1. The summed E-state index contributed by atoms with van der Waals surface area (Å²) in [5.41, 5.74) is 2.27. The van der Waals surface area contributed by atoms with Crippen LogP contribution in [0.3, 0.4) is 0 Å². The van der Waals surface area contributed by atoms with Crippen molar-refractivity contribution in [3.8, 4) is 0 Å². The summed E-state index contributed by atoms with van der Waals surface area (Å²) in [5.74, 6) is -0.478. The first-order valence-electron chi connectivity index (χ1n) is 7.17. The zero-order valence-electron chi connectivity index (χ0n) is 12.5. The van der Waals surface area contributed by atoms with Gasteiger partial charge in [-0.25, -0.2) is 4.39 Å². The molecule has 0 bridgehead atoms. The number of nitrogens with zero attached hydrogens (tertiary/aromatic N) is 1. The molecule has 112 valence electrons. The minimum Gasteiger partial charge on any atom is -0.344 e. The quantitative estimate of drug-likeness (QED) is 0.783. The molecule has 3 rings (SSSR count). The van der Waals surface area contributed by atoms with Crippen LogP contribution in [0, 0.1) is 5.82 Å². The van der Waals surface area contributed by atoms with Crippen LogP contribution in [0.5, 0.6) is 0 Å². The third kappa shape index (κ3) is 2.60. The highest BCUT2D eigenvalue weighted by molar-refractivity contribution is 5.98. The Morgan fingerprint density at radius 1 is 1.14 bits per heavy atom. The van der Waals surface area contributed by atoms with Gasteiger partial charge in [0.15, 0.2) is 0 Å². The van der Waals surface area contributed by atoms with Gasteiger partial charge in [0.2, 0.25) is 0 Å². The number of fused-ring (bicyclic) bond motifs is 1. The van der Waals surface area contributed by atoms with Gasteiger partial charge in [0.25, 0.3) is 5.91 Å². The monoisotopic (exact) mass is 296 g/mol. The summed E-state index contributed by atoms with van der Waals surface area (Å²) in [6, 6.07) is 16.0. The number of hydrogen-bond acceptors (Lipinski definition) is 1. The minimum atomic E-state index is -0.307. The van der Waals surface area contributed by atoms with Crippen LogP contribution < -0.4 is 5.32 Å². The second kappa shape index (κ2) is 5.64. The highest BCUT2D eigenvalue weighted by atomic mass is 19.1. The molecule has 0 aliphatic carbocycles. The summed E-state index contributed by atoms with van der Waals surface area (Å²) >= 11 is 0. The SMILES string of the molecule is CC(NC(=O)c1cc2ccc(F)cc2n1C)c1ccccc1. The van der Waals surface area contributed by atoms with Crippen LogP contribution in [0.1, 0.15) is 29.0 Å². The molecule has 0 fully saturated rings. The fraction of sp³-hybridized carbons (Fsp3) is 0.167. The highest BCUT2D eigenvalue weighted by Gasteiger charge is 2.16. The molecule has 1 amide bonds. The van der Waals surface area contributed by atoms with Crippen molar-refractivity contribution in [2.45, 2.75) is 13.0 Å². The number of nitrogens with one attached hydrogen (secondary N) is 1. The highest BCUT2D eigenvalue weighted by Crippen LogP contribution is 2.21. The van der Waals surface area contributed by atoms with Crippen molar-refractivity contribution in [3.63, 3.8) is 0 Å². The van der Waals surface area contributed by atoms with E-state index in [0.717, 1.165) is 10.9 Å². The molecule has 0 radical (unpaired) electrons. The molecule has 1 atom stereocenters. The molecule has 1 unspecified atom stereocenters. The van der Waals surface area contributed by atoms with Crippen LogP contribution >= 0.6 is 0 Å². The smallest absolute Gasteiger partial charge is 0.268 e. The number of carbonyl (C=O) groups excluding carboxylic acids is 1. The topological polar surface area (TPSA) is 34.0 Å². The van der Waals surface area contributed by atoms with E-state index in [1.807, 2.05) is 37.3 Å². The van der Waals surface area contributed by atoms with E-state index in [9.17, 15) is 9.18 Å². The first-order valence-corrected chi connectivity index (χ1v) is 7.17. The average molecular weight is 296 g/mol. The van der Waals surface area contributed by atoms with Gasteiger partial charge < -0.3 is 9.88 Å². The Labute approximate surface area is 128 Å². The van der Waals surface area contributed by atoms with Crippen molar-refractivity contribution in [1.29, 1.82) is 0 Å². The van der Waals surface area contributed by atoms with Gasteiger partial charge in [0, 0.05) is 12.4 Å². The summed E-state index contributed by atoms with van der Waals surface area (Å²) < 4.78 is 15.1. The lowest BCUT2D eigenvalue weighted by Gasteiger charge is -2.14. The van der Waals surface area contributed by atoms with Crippen LogP contribution in [0.15, 0.2) is 54.6 Å². The maximum absolute atomic E-state index is 13.3. The molecule has 22 heavy (non-hydrogen) atoms. The van der Waals surface area contributed by atoms with Crippen molar-refractivity contribution in [2.75, 3.05) is 0 Å². The molecule has 0 saturated carbocycles. The van der Waals surface area contributed by atoms with E-state index in [-0.39, 0.29) is 17.8 Å². The molecule has 1 N–H and O–H groups in total. The summed E-state index contributed by atoms with van der Waals surface area (Å²) in [4.78, 5) is 12.5. The Hall–Kier alpha value is -2.62. The number of aromatic nitrogens is 1. The first kappa shape index (κ1) is 14.3. The van der Waals surface area contributed by atoms with Gasteiger partial charge in [-0.3, -0.25) is 4.79 Å². The number of aryl methyl sites for hydroxylation is 1. The van der Waals surface area contributed by atoms with Gasteiger partial charge in [-0.2, -0.15) is 0 Å². The second-order valence-electron chi connectivity index (χ2n) is 5.40. The predicted molar refractivity (Wildman–Crippen MR) is 85.2 cm³/mol. The molecule has 0 aliphatic rings. The van der Waals surface area contributed by atoms with Crippen LogP contribution in [0.2, 0.25) is 0 Å². The van der Waals surface area contributed by atoms with Gasteiger partial charge in [0.1, 0.15) is 11.5 Å². The number of halogens is 1. The van der Waals surface area contributed by atoms with Gasteiger partial charge in [-0.15, -0.1) is 0 Å². The normalized spacial score (nSPS) is 12.3. The molecule has 2 aromatic carbocycles. The Kier molecular flexibility index (Phi) is 3.67. The molecule has 1 heterocycles. The van der Waals surface area contributed by atoms with Gasteiger partial charge in [-0.1, -0.05) is 30.3 Å². The summed E-state index contributed by atoms with van der Waals surface area (Å²) in [5, 5.41) is 3.82. The Balaban J connectivity index is 1.88. The number of benzene rings is 2. The van der Waals surface area contributed by atoms with E-state index in [1.165, 1.54) is 12.1 Å². The zero-order chi connectivity index (χ0) is 15.7. The molecule has 0 saturated heterocycles. The van der Waals surface area contributed by atoms with Crippen molar-refractivity contribution < 1.29 is 9.18 Å². The molecular weight excluding hydrogens is 279 g/mol. The first-order chi connectivity index (χ1) is 10.6. The fourth-order valence-electron chi connectivity index (χ4n) is 2.62. The number of rotatable bonds is 3. The van der Waals surface area contributed by atoms with Crippen LogP contribution in [0.4, 0.5) is 4.39 Å². The van der Waals surface area contributed by atoms with E-state index in [4.69, 9.17) is 0 Å². The van der Waals surface area contributed by atoms with E-state index < -0.39 is 0 Å². The molecule has 3 aromatic rings. The number of hydrogen-bond donors (Lipinski definition) is 1. The standard InChI is InChI=1S/C18H17FN2O/c1-12(13-6-4-3-5-7-13)20-18(22)17-10-14-8-9-15(19)11-16(14)21(17)2/h3-12H,1-2H3,(H,20,22). The largest absolute Gasteiger partial charge is 0.344 e. The fourth-order valence-corrected chi connectivity index (χ4v) is 2.62. The predicted octanol–water partition coefficient (Wildman–Crippen LogP) is 3.81. The summed E-state index contributed by atoms with van der Waals surface area (Å²) in [6.45, 7) is 1.94. The average Bonchev–Trinajstić information content (AvgIpc) is 2.85. The zero-order valence-corrected chi connectivity index (χ0v) is 12.5. The van der Waals surface area contributed by atoms with E-state index in [1.54, 1.807) is 23.7 Å². The maximum Gasteiger partial charge on any atom is 0.268 e. The maximum atomic E-state index is 13.3. The molecule has 1 aromatic heterocycles. The van der Waals surface area contributed by atoms with Gasteiger partial charge >= 0.3 is 0 Å². The number of amides is 1. The Morgan fingerprint density at radius 3 is 2.59 bits per heavy atom. The lowest BCUT2D eigenvalue weighted by Crippen LogP contribution is -2.28. The van der Waals surface area contributed by atoms with Crippen LogP contribution in [-0.4, -0.2) is 10.5 Å². The molecule has 0 aliphatic heterocycles. The van der Waals surface area contributed by atoms with E-state index >= 15 is 0 Å². The third-order valence-electron chi connectivity index (χ3n) is 3.89. The Bertz CT molecular complexity index is 824. The lowest BCUT2D eigenvalue weighted by molar-refractivity contribution is 0.0932. The van der Waals surface area contributed by atoms with Crippen LogP contribution in [-0.2, 0) is 7.05 Å². The second-order valence-corrected chi connectivity index (χ2v) is 5.40. The summed E-state index contributed by atoms with van der Waals surface area (Å²) in [7, 11) is 1.77. The van der Waals surface area contributed by atoms with Gasteiger partial charge in [0.05, 0.1) is 11.6 Å².